The van der Waals surface area contributed by atoms with Gasteiger partial charge in [0.15, 0.2) is 0 Å². The highest BCUT2D eigenvalue weighted by Crippen LogP contribution is 2.12. The van der Waals surface area contributed by atoms with Crippen LogP contribution >= 0.6 is 0 Å². The van der Waals surface area contributed by atoms with E-state index in [1.54, 1.807) is 6.20 Å². The summed E-state index contributed by atoms with van der Waals surface area (Å²) in [6.45, 7) is 6.69. The van der Waals surface area contributed by atoms with Crippen molar-refractivity contribution in [1.82, 2.24) is 15.2 Å². The van der Waals surface area contributed by atoms with Crippen LogP contribution in [0, 0.1) is 6.92 Å². The molecule has 104 valence electrons. The quantitative estimate of drug-likeness (QED) is 0.900. The third-order valence-corrected chi connectivity index (χ3v) is 3.91. The third kappa shape index (κ3) is 3.77. The van der Waals surface area contributed by atoms with Gasteiger partial charge >= 0.3 is 0 Å². The van der Waals surface area contributed by atoms with Gasteiger partial charge in [-0.2, -0.15) is 0 Å². The minimum absolute atomic E-state index is 0.0255. The molecule has 0 bridgehead atoms. The Balaban J connectivity index is 1.85. The molecule has 1 atom stereocenters. The van der Waals surface area contributed by atoms with Gasteiger partial charge in [0, 0.05) is 18.9 Å². The standard InChI is InChI=1S/C15H23N3O/c1-12-10-16-7-6-14(12)11-17-15(19)13(2)18-8-4-3-5-9-18/h6-7,10,13H,3-5,8-9,11H2,1-2H3,(H,17,19). The largest absolute Gasteiger partial charge is 0.351 e. The summed E-state index contributed by atoms with van der Waals surface area (Å²) in [4.78, 5) is 18.5. The highest BCUT2D eigenvalue weighted by Gasteiger charge is 2.22. The van der Waals surface area contributed by atoms with E-state index in [2.05, 4.69) is 15.2 Å². The second kappa shape index (κ2) is 6.66. The predicted molar refractivity (Wildman–Crippen MR) is 75.7 cm³/mol. The van der Waals surface area contributed by atoms with Crippen molar-refractivity contribution in [3.63, 3.8) is 0 Å². The number of piperidine rings is 1. The Labute approximate surface area is 115 Å². The van der Waals surface area contributed by atoms with E-state index in [1.165, 1.54) is 19.3 Å². The lowest BCUT2D eigenvalue weighted by molar-refractivity contribution is -0.126. The fourth-order valence-corrected chi connectivity index (χ4v) is 2.50. The van der Waals surface area contributed by atoms with E-state index in [0.29, 0.717) is 6.54 Å². The van der Waals surface area contributed by atoms with Gasteiger partial charge in [-0.05, 0) is 57.0 Å². The molecule has 1 aromatic rings. The van der Waals surface area contributed by atoms with Gasteiger partial charge in [-0.15, -0.1) is 0 Å². The fraction of sp³-hybridized carbons (Fsp3) is 0.600. The van der Waals surface area contributed by atoms with Crippen molar-refractivity contribution in [3.05, 3.63) is 29.6 Å². The first-order chi connectivity index (χ1) is 9.18. The molecule has 1 fully saturated rings. The van der Waals surface area contributed by atoms with E-state index in [-0.39, 0.29) is 11.9 Å². The number of nitrogens with one attached hydrogen (secondary N) is 1. The highest BCUT2D eigenvalue weighted by molar-refractivity contribution is 5.81. The number of aromatic nitrogens is 1. The second-order valence-corrected chi connectivity index (χ2v) is 5.29. The zero-order valence-corrected chi connectivity index (χ0v) is 11.9. The molecule has 2 rings (SSSR count). The molecule has 0 saturated carbocycles. The number of nitrogens with zero attached hydrogens (tertiary/aromatic N) is 2. The molecule has 0 radical (unpaired) electrons. The Kier molecular flexibility index (Phi) is 4.91. The number of pyridine rings is 1. The van der Waals surface area contributed by atoms with Gasteiger partial charge in [-0.1, -0.05) is 6.42 Å². The molecule has 4 heteroatoms. The summed E-state index contributed by atoms with van der Waals surface area (Å²) in [5.41, 5.74) is 2.25. The number of carbonyl (C=O) groups excluding carboxylic acids is 1. The summed E-state index contributed by atoms with van der Waals surface area (Å²) < 4.78 is 0. The van der Waals surface area contributed by atoms with Crippen LogP contribution in [0.2, 0.25) is 0 Å². The maximum absolute atomic E-state index is 12.2. The molecule has 1 amide bonds. The summed E-state index contributed by atoms with van der Waals surface area (Å²) in [5, 5.41) is 3.03. The first kappa shape index (κ1) is 14.0. The van der Waals surface area contributed by atoms with E-state index < -0.39 is 0 Å². The number of hydrogen-bond acceptors (Lipinski definition) is 3. The lowest BCUT2D eigenvalue weighted by Gasteiger charge is -2.31. The van der Waals surface area contributed by atoms with Crippen molar-refractivity contribution in [3.8, 4) is 0 Å². The lowest BCUT2D eigenvalue weighted by Crippen LogP contribution is -2.46. The van der Waals surface area contributed by atoms with Gasteiger partial charge in [0.2, 0.25) is 5.91 Å². The molecule has 19 heavy (non-hydrogen) atoms. The number of rotatable bonds is 4. The molecule has 1 aliphatic rings. The second-order valence-electron chi connectivity index (χ2n) is 5.29. The van der Waals surface area contributed by atoms with Crippen LogP contribution in [0.25, 0.3) is 0 Å². The van der Waals surface area contributed by atoms with Crippen LogP contribution in [0.1, 0.15) is 37.3 Å². The Morgan fingerprint density at radius 2 is 2.16 bits per heavy atom. The Morgan fingerprint density at radius 1 is 1.42 bits per heavy atom. The Morgan fingerprint density at radius 3 is 2.84 bits per heavy atom. The smallest absolute Gasteiger partial charge is 0.237 e. The van der Waals surface area contributed by atoms with Crippen LogP contribution in [-0.2, 0) is 11.3 Å². The average molecular weight is 261 g/mol. The van der Waals surface area contributed by atoms with E-state index in [1.807, 2.05) is 26.1 Å². The summed E-state index contributed by atoms with van der Waals surface area (Å²) in [6.07, 6.45) is 7.31. The van der Waals surface area contributed by atoms with Gasteiger partial charge in [0.25, 0.3) is 0 Å². The SMILES string of the molecule is Cc1cnccc1CNC(=O)C(C)N1CCCCC1. The van der Waals surface area contributed by atoms with E-state index in [9.17, 15) is 4.79 Å². The summed E-state index contributed by atoms with van der Waals surface area (Å²) >= 11 is 0. The molecule has 1 saturated heterocycles. The summed E-state index contributed by atoms with van der Waals surface area (Å²) in [6, 6.07) is 1.93. The third-order valence-electron chi connectivity index (χ3n) is 3.91. The molecule has 4 nitrogen and oxygen atoms in total. The monoisotopic (exact) mass is 261 g/mol. The Bertz CT molecular complexity index is 427. The fourth-order valence-electron chi connectivity index (χ4n) is 2.50. The van der Waals surface area contributed by atoms with Crippen LogP contribution < -0.4 is 5.32 Å². The number of carbonyl (C=O) groups is 1. The van der Waals surface area contributed by atoms with Crippen molar-refractivity contribution >= 4 is 5.91 Å². The van der Waals surface area contributed by atoms with Crippen molar-refractivity contribution in [1.29, 1.82) is 0 Å². The highest BCUT2D eigenvalue weighted by atomic mass is 16.2. The lowest BCUT2D eigenvalue weighted by atomic mass is 10.1. The number of hydrogen-bond donors (Lipinski definition) is 1. The van der Waals surface area contributed by atoms with E-state index >= 15 is 0 Å². The van der Waals surface area contributed by atoms with E-state index in [0.717, 1.165) is 24.2 Å². The van der Waals surface area contributed by atoms with Gasteiger partial charge < -0.3 is 5.32 Å². The molecule has 0 aromatic carbocycles. The molecule has 1 N–H and O–H groups in total. The predicted octanol–water partition coefficient (Wildman–Crippen LogP) is 1.88. The van der Waals surface area contributed by atoms with Crippen LogP contribution in [0.5, 0.6) is 0 Å². The zero-order chi connectivity index (χ0) is 13.7. The van der Waals surface area contributed by atoms with Crippen molar-refractivity contribution in [2.24, 2.45) is 0 Å². The van der Waals surface area contributed by atoms with E-state index in [4.69, 9.17) is 0 Å². The Hall–Kier alpha value is -1.42. The van der Waals surface area contributed by atoms with Crippen molar-refractivity contribution < 1.29 is 4.79 Å². The van der Waals surface area contributed by atoms with Gasteiger partial charge in [0.1, 0.15) is 0 Å². The molecule has 1 aromatic heterocycles. The minimum Gasteiger partial charge on any atom is -0.351 e. The zero-order valence-electron chi connectivity index (χ0n) is 11.9. The van der Waals surface area contributed by atoms with Gasteiger partial charge in [-0.25, -0.2) is 0 Å². The van der Waals surface area contributed by atoms with Crippen molar-refractivity contribution in [2.45, 2.75) is 45.7 Å². The minimum atomic E-state index is -0.0255. The number of likely N-dealkylation sites (tertiary alicyclic amines) is 1. The molecule has 1 unspecified atom stereocenters. The maximum Gasteiger partial charge on any atom is 0.237 e. The molecule has 0 aliphatic carbocycles. The molecule has 1 aliphatic heterocycles. The number of aryl methyl sites for hydroxylation is 1. The molecule has 2 heterocycles. The summed E-state index contributed by atoms with van der Waals surface area (Å²) in [5.74, 6) is 0.123. The normalized spacial score (nSPS) is 18.0. The molecule has 0 spiro atoms. The number of amides is 1. The van der Waals surface area contributed by atoms with Crippen LogP contribution in [0.4, 0.5) is 0 Å². The summed E-state index contributed by atoms with van der Waals surface area (Å²) in [7, 11) is 0. The first-order valence-corrected chi connectivity index (χ1v) is 7.09. The van der Waals surface area contributed by atoms with Gasteiger partial charge in [-0.3, -0.25) is 14.7 Å². The van der Waals surface area contributed by atoms with Crippen LogP contribution in [0.3, 0.4) is 0 Å². The topological polar surface area (TPSA) is 45.2 Å². The van der Waals surface area contributed by atoms with Crippen molar-refractivity contribution in [2.75, 3.05) is 13.1 Å². The average Bonchev–Trinajstić information content (AvgIpc) is 2.46. The van der Waals surface area contributed by atoms with Gasteiger partial charge in [0.05, 0.1) is 6.04 Å². The first-order valence-electron chi connectivity index (χ1n) is 7.09. The maximum atomic E-state index is 12.2. The van der Waals surface area contributed by atoms with Crippen LogP contribution in [0.15, 0.2) is 18.5 Å². The van der Waals surface area contributed by atoms with Crippen LogP contribution in [-0.4, -0.2) is 34.9 Å². The molecular weight excluding hydrogens is 238 g/mol. The molecular formula is C15H23N3O.